The lowest BCUT2D eigenvalue weighted by molar-refractivity contribution is -0.0295. The van der Waals surface area contributed by atoms with Gasteiger partial charge in [0.25, 0.3) is 5.91 Å². The number of hydrogen-bond acceptors (Lipinski definition) is 4. The second-order valence-corrected chi connectivity index (χ2v) is 7.36. The first-order valence-corrected chi connectivity index (χ1v) is 9.68. The average Bonchev–Trinajstić information content (AvgIpc) is 2.53. The molecule has 0 radical (unpaired) electrons. The van der Waals surface area contributed by atoms with Crippen molar-refractivity contribution in [2.45, 2.75) is 25.7 Å². The summed E-state index contributed by atoms with van der Waals surface area (Å²) in [4.78, 5) is 14.7. The van der Waals surface area contributed by atoms with E-state index in [9.17, 15) is 4.79 Å². The minimum Gasteiger partial charge on any atom is -0.374 e. The van der Waals surface area contributed by atoms with E-state index in [0.29, 0.717) is 12.5 Å². The molecule has 1 aromatic rings. The maximum atomic E-state index is 12.3. The van der Waals surface area contributed by atoms with Crippen LogP contribution in [0.4, 0.5) is 0 Å². The third kappa shape index (κ3) is 6.16. The molecule has 1 aliphatic heterocycles. The lowest BCUT2D eigenvalue weighted by Crippen LogP contribution is -2.48. The Kier molecular flexibility index (Phi) is 7.40. The van der Waals surface area contributed by atoms with Crippen molar-refractivity contribution >= 4 is 17.7 Å². The van der Waals surface area contributed by atoms with Crippen LogP contribution in [0, 0.1) is 5.92 Å². The molecule has 1 aliphatic rings. The summed E-state index contributed by atoms with van der Waals surface area (Å²) in [5.74, 6) is 1.57. The Bertz CT molecular complexity index is 508. The van der Waals surface area contributed by atoms with Gasteiger partial charge in [-0.3, -0.25) is 9.69 Å². The predicted octanol–water partition coefficient (Wildman–Crippen LogP) is 2.64. The van der Waals surface area contributed by atoms with Gasteiger partial charge in [0.15, 0.2) is 0 Å². The molecule has 0 spiro atoms. The van der Waals surface area contributed by atoms with Crippen molar-refractivity contribution in [1.82, 2.24) is 10.2 Å². The van der Waals surface area contributed by atoms with Gasteiger partial charge in [-0.1, -0.05) is 26.0 Å². The molecule has 128 valence electrons. The van der Waals surface area contributed by atoms with Crippen molar-refractivity contribution in [1.29, 1.82) is 0 Å². The summed E-state index contributed by atoms with van der Waals surface area (Å²) < 4.78 is 5.78. The number of morpholine rings is 1. The van der Waals surface area contributed by atoms with Crippen LogP contribution < -0.4 is 5.32 Å². The van der Waals surface area contributed by atoms with Gasteiger partial charge >= 0.3 is 0 Å². The summed E-state index contributed by atoms with van der Waals surface area (Å²) >= 11 is 1.76. The molecular formula is C18H28N2O2S. The molecule has 1 unspecified atom stereocenters. The summed E-state index contributed by atoms with van der Waals surface area (Å²) in [6.45, 7) is 8.74. The van der Waals surface area contributed by atoms with Gasteiger partial charge in [-0.25, -0.2) is 0 Å². The van der Waals surface area contributed by atoms with Crippen LogP contribution in [0.15, 0.2) is 24.3 Å². The first-order chi connectivity index (χ1) is 11.1. The van der Waals surface area contributed by atoms with Gasteiger partial charge < -0.3 is 10.1 Å². The average molecular weight is 337 g/mol. The van der Waals surface area contributed by atoms with E-state index in [2.05, 4.69) is 36.4 Å². The molecule has 0 aliphatic carbocycles. The number of nitrogens with one attached hydrogen (secondary N) is 1. The second kappa shape index (κ2) is 9.30. The predicted molar refractivity (Wildman–Crippen MR) is 97.0 cm³/mol. The molecule has 4 nitrogen and oxygen atoms in total. The molecule has 1 N–H and O–H groups in total. The maximum absolute atomic E-state index is 12.3. The lowest BCUT2D eigenvalue weighted by Gasteiger charge is -2.33. The van der Waals surface area contributed by atoms with Crippen molar-refractivity contribution < 1.29 is 9.53 Å². The molecule has 1 saturated heterocycles. The number of thioether (sulfide) groups is 1. The van der Waals surface area contributed by atoms with E-state index < -0.39 is 0 Å². The number of nitrogens with zero attached hydrogens (tertiary/aromatic N) is 1. The van der Waals surface area contributed by atoms with Gasteiger partial charge in [0, 0.05) is 37.5 Å². The van der Waals surface area contributed by atoms with Gasteiger partial charge in [-0.2, -0.15) is 11.8 Å². The molecule has 0 aromatic heterocycles. The zero-order valence-electron chi connectivity index (χ0n) is 14.4. The zero-order valence-corrected chi connectivity index (χ0v) is 15.2. The lowest BCUT2D eigenvalue weighted by atomic mass is 10.1. The Morgan fingerprint density at radius 3 is 3.04 bits per heavy atom. The van der Waals surface area contributed by atoms with Crippen molar-refractivity contribution in [3.05, 3.63) is 35.4 Å². The topological polar surface area (TPSA) is 41.6 Å². The highest BCUT2D eigenvalue weighted by Crippen LogP contribution is 2.12. The highest BCUT2D eigenvalue weighted by atomic mass is 32.2. The van der Waals surface area contributed by atoms with E-state index in [0.717, 1.165) is 37.6 Å². The third-order valence-electron chi connectivity index (χ3n) is 3.84. The van der Waals surface area contributed by atoms with Gasteiger partial charge in [0.05, 0.1) is 12.7 Å². The van der Waals surface area contributed by atoms with Crippen LogP contribution in [0.3, 0.4) is 0 Å². The molecule has 1 aromatic carbocycles. The van der Waals surface area contributed by atoms with Gasteiger partial charge in [-0.05, 0) is 29.9 Å². The number of carbonyl (C=O) groups is 1. The molecule has 1 fully saturated rings. The van der Waals surface area contributed by atoms with E-state index in [1.165, 1.54) is 5.56 Å². The fraction of sp³-hybridized carbons (Fsp3) is 0.611. The molecule has 0 saturated carbocycles. The Labute approximate surface area is 144 Å². The van der Waals surface area contributed by atoms with Crippen LogP contribution in [-0.4, -0.2) is 56.0 Å². The molecule has 1 amide bonds. The van der Waals surface area contributed by atoms with Crippen LogP contribution in [0.1, 0.15) is 29.8 Å². The molecule has 1 heterocycles. The maximum Gasteiger partial charge on any atom is 0.251 e. The van der Waals surface area contributed by atoms with Gasteiger partial charge in [0.2, 0.25) is 0 Å². The second-order valence-electron chi connectivity index (χ2n) is 6.49. The Balaban J connectivity index is 1.82. The smallest absolute Gasteiger partial charge is 0.251 e. The molecule has 23 heavy (non-hydrogen) atoms. The molecule has 5 heteroatoms. The van der Waals surface area contributed by atoms with Crippen LogP contribution >= 0.6 is 11.8 Å². The van der Waals surface area contributed by atoms with E-state index in [1.807, 2.05) is 18.2 Å². The van der Waals surface area contributed by atoms with Crippen LogP contribution in [0.2, 0.25) is 0 Å². The summed E-state index contributed by atoms with van der Waals surface area (Å²) in [7, 11) is 0. The standard InChI is InChI=1S/C18H28N2O2S/c1-14(2)11-20-7-8-22-17(12-20)10-19-18(21)16-6-4-5-15(9-16)13-23-3/h4-6,9,14,17H,7-8,10-13H2,1-3H3,(H,19,21). The fourth-order valence-corrected chi connectivity index (χ4v) is 3.38. The largest absolute Gasteiger partial charge is 0.374 e. The SMILES string of the molecule is CSCc1cccc(C(=O)NCC2CN(CC(C)C)CCO2)c1. The Hall–Kier alpha value is -1.04. The quantitative estimate of drug-likeness (QED) is 0.831. The Morgan fingerprint density at radius 2 is 2.30 bits per heavy atom. The minimum absolute atomic E-state index is 0.0162. The monoisotopic (exact) mass is 336 g/mol. The zero-order chi connectivity index (χ0) is 16.7. The number of ether oxygens (including phenoxy) is 1. The number of amides is 1. The van der Waals surface area contributed by atoms with E-state index in [-0.39, 0.29) is 12.0 Å². The summed E-state index contributed by atoms with van der Waals surface area (Å²) in [5.41, 5.74) is 1.91. The minimum atomic E-state index is -0.0162. The Morgan fingerprint density at radius 1 is 1.48 bits per heavy atom. The van der Waals surface area contributed by atoms with Crippen molar-refractivity contribution in [2.24, 2.45) is 5.92 Å². The van der Waals surface area contributed by atoms with E-state index in [1.54, 1.807) is 11.8 Å². The van der Waals surface area contributed by atoms with Gasteiger partial charge in [0.1, 0.15) is 0 Å². The molecule has 2 rings (SSSR count). The molecule has 0 bridgehead atoms. The van der Waals surface area contributed by atoms with Crippen molar-refractivity contribution in [3.8, 4) is 0 Å². The number of benzene rings is 1. The third-order valence-corrected chi connectivity index (χ3v) is 4.46. The fourth-order valence-electron chi connectivity index (χ4n) is 2.86. The van der Waals surface area contributed by atoms with Crippen LogP contribution in [0.5, 0.6) is 0 Å². The first kappa shape index (κ1) is 18.3. The highest BCUT2D eigenvalue weighted by Gasteiger charge is 2.21. The number of carbonyl (C=O) groups excluding carboxylic acids is 1. The van der Waals surface area contributed by atoms with Crippen molar-refractivity contribution in [2.75, 3.05) is 39.0 Å². The van der Waals surface area contributed by atoms with Gasteiger partial charge in [-0.15, -0.1) is 0 Å². The number of hydrogen-bond donors (Lipinski definition) is 1. The van der Waals surface area contributed by atoms with Crippen LogP contribution in [0.25, 0.3) is 0 Å². The number of rotatable bonds is 7. The molecular weight excluding hydrogens is 308 g/mol. The first-order valence-electron chi connectivity index (χ1n) is 8.28. The molecule has 1 atom stereocenters. The van der Waals surface area contributed by atoms with Crippen LogP contribution in [-0.2, 0) is 10.5 Å². The normalized spacial score (nSPS) is 19.0. The van der Waals surface area contributed by atoms with E-state index >= 15 is 0 Å². The summed E-state index contributed by atoms with van der Waals surface area (Å²) in [5, 5.41) is 3.01. The summed E-state index contributed by atoms with van der Waals surface area (Å²) in [6.07, 6.45) is 2.15. The highest BCUT2D eigenvalue weighted by molar-refractivity contribution is 7.97. The van der Waals surface area contributed by atoms with E-state index in [4.69, 9.17) is 4.74 Å². The summed E-state index contributed by atoms with van der Waals surface area (Å²) in [6, 6.07) is 7.84. The van der Waals surface area contributed by atoms with Crippen molar-refractivity contribution in [3.63, 3.8) is 0 Å².